The Balaban J connectivity index is 0. The molecule has 4 heteroatoms. The van der Waals surface area contributed by atoms with Crippen LogP contribution >= 0.6 is 0 Å². The van der Waals surface area contributed by atoms with E-state index >= 15 is 0 Å². The van der Waals surface area contributed by atoms with Gasteiger partial charge in [0.15, 0.2) is 0 Å². The molecule has 48 valence electrons. The van der Waals surface area contributed by atoms with E-state index in [1.165, 1.54) is 0 Å². The zero-order chi connectivity index (χ0) is 5.54. The molecule has 3 N–H and O–H groups in total. The van der Waals surface area contributed by atoms with Gasteiger partial charge in [-0.2, -0.15) is 0 Å². The summed E-state index contributed by atoms with van der Waals surface area (Å²) in [5.74, 6) is 0. The van der Waals surface area contributed by atoms with E-state index in [2.05, 4.69) is 0 Å². The summed E-state index contributed by atoms with van der Waals surface area (Å²) in [6.45, 7) is 0. The summed E-state index contributed by atoms with van der Waals surface area (Å²) in [7, 11) is 0. The second-order valence-corrected chi connectivity index (χ2v) is 2.57. The van der Waals surface area contributed by atoms with Crippen molar-refractivity contribution in [3.05, 3.63) is 0 Å². The Labute approximate surface area is 57.0 Å². The Morgan fingerprint density at radius 1 is 1.12 bits per heavy atom. The molecule has 0 bridgehead atoms. The summed E-state index contributed by atoms with van der Waals surface area (Å²) < 4.78 is 0. The predicted octanol–water partition coefficient (Wildman–Crippen LogP) is 1.11. The molecule has 0 aliphatic rings. The molecule has 3 nitrogen and oxygen atoms in total. The fraction of sp³-hybridized carbons (Fsp3) is 0.500. The topological polar surface area (TPSA) is 82.6 Å². The number of nitrogens with zero attached hydrogens (tertiary/aromatic N) is 2. The van der Waals surface area contributed by atoms with Gasteiger partial charge in [0.1, 0.15) is 0 Å². The average molecular weight is 204 g/mol. The van der Waals surface area contributed by atoms with Crippen molar-refractivity contribution in [3.63, 3.8) is 0 Å². The van der Waals surface area contributed by atoms with Crippen LogP contribution in [0.1, 0.15) is 0 Å². The van der Waals surface area contributed by atoms with Gasteiger partial charge in [0.05, 0.1) is 0 Å². The van der Waals surface area contributed by atoms with Gasteiger partial charge in [0.25, 0.3) is 0 Å². The van der Waals surface area contributed by atoms with Gasteiger partial charge in [-0.3, -0.25) is 0 Å². The first-order chi connectivity index (χ1) is 3.41. The molecule has 0 unspecified atom stereocenters. The molecule has 0 aliphatic carbocycles. The van der Waals surface area contributed by atoms with Gasteiger partial charge in [-0.05, 0) is 0 Å². The number of rotatable bonds is 2. The fourth-order valence-corrected chi connectivity index (χ4v) is 0.652. The molecular formula is C4H7N3Pd. The van der Waals surface area contributed by atoms with E-state index in [-0.39, 0.29) is 6.15 Å². The maximum atomic E-state index is 7.95. The van der Waals surface area contributed by atoms with Gasteiger partial charge in [-0.1, -0.05) is 0 Å². The minimum atomic E-state index is 0. The van der Waals surface area contributed by atoms with Crippen LogP contribution in [0.5, 0.6) is 0 Å². The van der Waals surface area contributed by atoms with E-state index in [9.17, 15) is 0 Å². The quantitative estimate of drug-likeness (QED) is 0.539. The third-order valence-electron chi connectivity index (χ3n) is 0.258. The molecule has 8 heavy (non-hydrogen) atoms. The summed E-state index contributed by atoms with van der Waals surface area (Å²) in [5.41, 5.74) is 0. The summed E-state index contributed by atoms with van der Waals surface area (Å²) >= 11 is 0.346. The Kier molecular flexibility index (Phi) is 12.9. The number of hydrogen-bond donors (Lipinski definition) is 1. The van der Waals surface area contributed by atoms with Gasteiger partial charge >= 0.3 is 50.4 Å². The zero-order valence-electron chi connectivity index (χ0n) is 4.33. The van der Waals surface area contributed by atoms with Gasteiger partial charge in [0, 0.05) is 0 Å². The third kappa shape index (κ3) is 9.14. The van der Waals surface area contributed by atoms with Gasteiger partial charge in [0.2, 0.25) is 0 Å². The number of hydrogen-bond acceptors (Lipinski definition) is 3. The van der Waals surface area contributed by atoms with Crippen LogP contribution in [0.2, 0.25) is 9.79 Å². The van der Waals surface area contributed by atoms with Crippen LogP contribution in [0.4, 0.5) is 0 Å². The van der Waals surface area contributed by atoms with Crippen molar-refractivity contribution in [2.24, 2.45) is 0 Å². The molecule has 0 rings (SSSR count). The predicted molar refractivity (Wildman–Crippen MR) is 25.9 cm³/mol. The Hall–Kier alpha value is -0.398. The van der Waals surface area contributed by atoms with Crippen molar-refractivity contribution in [2.45, 2.75) is 9.79 Å². The Morgan fingerprint density at radius 3 is 1.75 bits per heavy atom. The molecule has 0 aromatic carbocycles. The summed E-state index contributed by atoms with van der Waals surface area (Å²) in [5, 5.41) is 15.9. The van der Waals surface area contributed by atoms with E-state index in [4.69, 9.17) is 10.5 Å². The van der Waals surface area contributed by atoms with Crippen LogP contribution in [0.15, 0.2) is 0 Å². The van der Waals surface area contributed by atoms with Crippen molar-refractivity contribution in [3.8, 4) is 12.1 Å². The van der Waals surface area contributed by atoms with E-state index in [0.29, 0.717) is 27.8 Å². The van der Waals surface area contributed by atoms with Crippen LogP contribution in [0.3, 0.4) is 0 Å². The molecule has 0 saturated heterocycles. The van der Waals surface area contributed by atoms with Crippen molar-refractivity contribution >= 4 is 0 Å². The first-order valence-electron chi connectivity index (χ1n) is 1.60. The standard InChI is InChI=1S/2C2H2N.H3N.Pd/c2*1-2-3;;/h2*1H2;1H3;. The van der Waals surface area contributed by atoms with Crippen LogP contribution in [-0.4, -0.2) is 0 Å². The average Bonchev–Trinajstić information content (AvgIpc) is 1.69. The first-order valence-corrected chi connectivity index (χ1v) is 3.80. The zero-order valence-corrected chi connectivity index (χ0v) is 5.89. The van der Waals surface area contributed by atoms with E-state index in [1.54, 1.807) is 0 Å². The van der Waals surface area contributed by atoms with Crippen LogP contribution in [0, 0.1) is 22.7 Å². The summed E-state index contributed by atoms with van der Waals surface area (Å²) in [4.78, 5) is 1.12. The van der Waals surface area contributed by atoms with Gasteiger partial charge in [-0.25, -0.2) is 0 Å². The van der Waals surface area contributed by atoms with Crippen molar-refractivity contribution < 1.29 is 18.0 Å². The van der Waals surface area contributed by atoms with E-state index in [1.807, 2.05) is 12.1 Å². The van der Waals surface area contributed by atoms with Gasteiger partial charge < -0.3 is 6.15 Å². The van der Waals surface area contributed by atoms with Crippen LogP contribution in [0.25, 0.3) is 0 Å². The third-order valence-corrected chi connectivity index (χ3v) is 1.53. The summed E-state index contributed by atoms with van der Waals surface area (Å²) in [6, 6.07) is 3.95. The molecular weight excluding hydrogens is 196 g/mol. The molecule has 0 spiro atoms. The second kappa shape index (κ2) is 9.78. The van der Waals surface area contributed by atoms with Gasteiger partial charge in [-0.15, -0.1) is 0 Å². The van der Waals surface area contributed by atoms with Crippen molar-refractivity contribution in [2.75, 3.05) is 0 Å². The SMILES string of the molecule is N.N#C[CH2][Pd][CH2]C#N. The maximum absolute atomic E-state index is 7.95. The first kappa shape index (κ1) is 10.6. The van der Waals surface area contributed by atoms with Crippen LogP contribution in [-0.2, 0) is 18.0 Å². The van der Waals surface area contributed by atoms with Crippen LogP contribution < -0.4 is 6.15 Å². The monoisotopic (exact) mass is 203 g/mol. The second-order valence-electron chi connectivity index (χ2n) is 0.698. The summed E-state index contributed by atoms with van der Waals surface area (Å²) in [6.07, 6.45) is 0. The molecule has 0 fully saturated rings. The molecule has 0 aromatic rings. The molecule has 0 radical (unpaired) electrons. The van der Waals surface area contributed by atoms with Crippen molar-refractivity contribution in [1.82, 2.24) is 6.15 Å². The number of nitriles is 2. The Bertz CT molecular complexity index is 95.4. The van der Waals surface area contributed by atoms with Crippen molar-refractivity contribution in [1.29, 1.82) is 10.5 Å². The fourth-order valence-electron chi connectivity index (χ4n) is 0.110. The molecule has 0 aromatic heterocycles. The van der Waals surface area contributed by atoms with E-state index in [0.717, 1.165) is 0 Å². The normalized spacial score (nSPS) is 6.25. The molecule has 0 atom stereocenters. The molecule has 0 heterocycles. The molecule has 0 amide bonds. The molecule has 0 saturated carbocycles. The Morgan fingerprint density at radius 2 is 1.50 bits per heavy atom. The minimum absolute atomic E-state index is 0. The van der Waals surface area contributed by atoms with E-state index < -0.39 is 0 Å². The molecule has 0 aliphatic heterocycles.